The molecule has 1 saturated heterocycles. The number of hydrogen-bond acceptors (Lipinski definition) is 7. The van der Waals surface area contributed by atoms with Crippen molar-refractivity contribution in [3.05, 3.63) is 48.2 Å². The van der Waals surface area contributed by atoms with E-state index >= 15 is 0 Å². The first-order chi connectivity index (χ1) is 15.7. The predicted octanol–water partition coefficient (Wildman–Crippen LogP) is 3.78. The Hall–Kier alpha value is -3.43. The van der Waals surface area contributed by atoms with Crippen LogP contribution in [0.25, 0.3) is 22.3 Å². The Balaban J connectivity index is 1.39. The van der Waals surface area contributed by atoms with Crippen LogP contribution in [0.3, 0.4) is 0 Å². The zero-order valence-electron chi connectivity index (χ0n) is 18.2. The van der Waals surface area contributed by atoms with Gasteiger partial charge in [-0.1, -0.05) is 12.1 Å². The number of aliphatic hydroxyl groups is 1. The maximum Gasteiger partial charge on any atom is 0.225 e. The van der Waals surface area contributed by atoms with Crippen molar-refractivity contribution in [1.29, 1.82) is 0 Å². The summed E-state index contributed by atoms with van der Waals surface area (Å²) < 4.78 is 14.9. The highest BCUT2D eigenvalue weighted by atomic mass is 16.5. The van der Waals surface area contributed by atoms with E-state index in [1.54, 1.807) is 11.8 Å². The van der Waals surface area contributed by atoms with Crippen molar-refractivity contribution >= 4 is 22.5 Å². The lowest BCUT2D eigenvalue weighted by Crippen LogP contribution is -2.18. The number of aromatic nitrogens is 5. The molecule has 4 aromatic rings. The van der Waals surface area contributed by atoms with Crippen molar-refractivity contribution < 1.29 is 14.6 Å². The Labute approximate surface area is 185 Å². The summed E-state index contributed by atoms with van der Waals surface area (Å²) in [7, 11) is 3.42. The summed E-state index contributed by atoms with van der Waals surface area (Å²) in [5.74, 6) is 1.80. The molecule has 1 unspecified atom stereocenters. The highest BCUT2D eigenvalue weighted by molar-refractivity contribution is 5.83. The van der Waals surface area contributed by atoms with Crippen LogP contribution in [0.2, 0.25) is 0 Å². The summed E-state index contributed by atoms with van der Waals surface area (Å²) in [5, 5.41) is 22.9. The molecule has 1 fully saturated rings. The van der Waals surface area contributed by atoms with Gasteiger partial charge in [0.25, 0.3) is 0 Å². The predicted molar refractivity (Wildman–Crippen MR) is 121 cm³/mol. The molecule has 0 bridgehead atoms. The van der Waals surface area contributed by atoms with E-state index in [9.17, 15) is 5.11 Å². The number of fused-ring (bicyclic) bond motifs is 1. The number of anilines is 2. The lowest BCUT2D eigenvalue weighted by Gasteiger charge is -2.23. The first-order valence-electron chi connectivity index (χ1n) is 10.7. The summed E-state index contributed by atoms with van der Waals surface area (Å²) in [6.45, 7) is 0.701. The molecule has 32 heavy (non-hydrogen) atoms. The van der Waals surface area contributed by atoms with Crippen molar-refractivity contribution in [3.63, 3.8) is 0 Å². The number of aryl methyl sites for hydroxylation is 1. The van der Waals surface area contributed by atoms with Crippen molar-refractivity contribution in [2.24, 2.45) is 7.05 Å². The van der Waals surface area contributed by atoms with Gasteiger partial charge in [-0.2, -0.15) is 10.1 Å². The van der Waals surface area contributed by atoms with Crippen LogP contribution in [0.5, 0.6) is 5.75 Å². The van der Waals surface area contributed by atoms with Gasteiger partial charge in [-0.05, 0) is 43.5 Å². The third-order valence-corrected chi connectivity index (χ3v) is 5.76. The highest BCUT2D eigenvalue weighted by Gasteiger charge is 2.19. The van der Waals surface area contributed by atoms with E-state index in [1.165, 1.54) is 0 Å². The molecule has 0 radical (unpaired) electrons. The van der Waals surface area contributed by atoms with Crippen LogP contribution >= 0.6 is 0 Å². The molecule has 1 aliphatic heterocycles. The Morgan fingerprint density at radius 3 is 2.91 bits per heavy atom. The SMILES string of the molecule is COc1cc(-c2nc(Nc3ccc4c(cnn4C4CCCCO4)c3)n(C)n2)ccc1CO. The van der Waals surface area contributed by atoms with Gasteiger partial charge in [-0.3, -0.25) is 0 Å². The highest BCUT2D eigenvalue weighted by Crippen LogP contribution is 2.29. The molecule has 0 aliphatic carbocycles. The van der Waals surface area contributed by atoms with Gasteiger partial charge in [0.1, 0.15) is 5.75 Å². The molecule has 0 saturated carbocycles. The van der Waals surface area contributed by atoms with Crippen molar-refractivity contribution in [1.82, 2.24) is 24.5 Å². The topological polar surface area (TPSA) is 99.2 Å². The fourth-order valence-corrected chi connectivity index (χ4v) is 4.04. The molecule has 1 atom stereocenters. The summed E-state index contributed by atoms with van der Waals surface area (Å²) in [6, 6.07) is 11.6. The number of methoxy groups -OCH3 is 1. The van der Waals surface area contributed by atoms with Crippen molar-refractivity contribution in [3.8, 4) is 17.1 Å². The van der Waals surface area contributed by atoms with E-state index in [-0.39, 0.29) is 12.8 Å². The van der Waals surface area contributed by atoms with Crippen LogP contribution in [-0.2, 0) is 18.4 Å². The van der Waals surface area contributed by atoms with Crippen LogP contribution in [0, 0.1) is 0 Å². The van der Waals surface area contributed by atoms with Crippen LogP contribution in [0.15, 0.2) is 42.6 Å². The number of nitrogens with zero attached hydrogens (tertiary/aromatic N) is 5. The summed E-state index contributed by atoms with van der Waals surface area (Å²) >= 11 is 0. The first kappa shape index (κ1) is 20.5. The second-order valence-corrected chi connectivity index (χ2v) is 7.88. The lowest BCUT2D eigenvalue weighted by molar-refractivity contribution is -0.0366. The summed E-state index contributed by atoms with van der Waals surface area (Å²) in [6.07, 6.45) is 5.14. The molecule has 9 heteroatoms. The number of aliphatic hydroxyl groups excluding tert-OH is 1. The second kappa shape index (κ2) is 8.60. The van der Waals surface area contributed by atoms with Crippen molar-refractivity contribution in [2.45, 2.75) is 32.1 Å². The molecule has 2 aromatic carbocycles. The Morgan fingerprint density at radius 1 is 1.22 bits per heavy atom. The lowest BCUT2D eigenvalue weighted by atomic mass is 10.1. The standard InChI is InChI=1S/C23H26N6O3/c1-28-23(26-22(27-28)15-6-7-16(14-30)20(12-15)31-2)25-18-8-9-19-17(11-18)13-24-29(19)21-5-3-4-10-32-21/h6-9,11-13,21,30H,3-5,10,14H2,1-2H3,(H,25,26,27). The quantitative estimate of drug-likeness (QED) is 0.476. The molecule has 9 nitrogen and oxygen atoms in total. The van der Waals surface area contributed by atoms with Gasteiger partial charge in [0.05, 0.1) is 25.4 Å². The summed E-state index contributed by atoms with van der Waals surface area (Å²) in [4.78, 5) is 4.65. The zero-order valence-corrected chi connectivity index (χ0v) is 18.2. The third-order valence-electron chi connectivity index (χ3n) is 5.76. The summed E-state index contributed by atoms with van der Waals surface area (Å²) in [5.41, 5.74) is 3.49. The van der Waals surface area contributed by atoms with E-state index in [4.69, 9.17) is 9.47 Å². The van der Waals surface area contributed by atoms with Gasteiger partial charge in [0, 0.05) is 35.9 Å². The van der Waals surface area contributed by atoms with Gasteiger partial charge in [-0.15, -0.1) is 5.10 Å². The van der Waals surface area contributed by atoms with Gasteiger partial charge in [0.15, 0.2) is 12.1 Å². The largest absolute Gasteiger partial charge is 0.496 e. The molecule has 5 rings (SSSR count). The van der Waals surface area contributed by atoms with Crippen molar-refractivity contribution in [2.75, 3.05) is 19.0 Å². The molecular formula is C23H26N6O3. The number of rotatable bonds is 6. The maximum absolute atomic E-state index is 9.44. The van der Waals surface area contributed by atoms with Gasteiger partial charge >= 0.3 is 0 Å². The fraction of sp³-hybridized carbons (Fsp3) is 0.348. The second-order valence-electron chi connectivity index (χ2n) is 7.88. The third kappa shape index (κ3) is 3.80. The molecule has 166 valence electrons. The minimum Gasteiger partial charge on any atom is -0.496 e. The Morgan fingerprint density at radius 2 is 2.12 bits per heavy atom. The van der Waals surface area contributed by atoms with Gasteiger partial charge in [0.2, 0.25) is 5.95 Å². The molecule has 0 amide bonds. The molecule has 0 spiro atoms. The van der Waals surface area contributed by atoms with E-state index in [2.05, 4.69) is 32.6 Å². The zero-order chi connectivity index (χ0) is 22.1. The minimum atomic E-state index is -0.0855. The Bertz CT molecular complexity index is 1240. The molecule has 1 aliphatic rings. The fourth-order valence-electron chi connectivity index (χ4n) is 4.04. The molecule has 2 aromatic heterocycles. The average molecular weight is 435 g/mol. The van der Waals surface area contributed by atoms with Crippen LogP contribution < -0.4 is 10.1 Å². The monoisotopic (exact) mass is 434 g/mol. The van der Waals surface area contributed by atoms with E-state index in [0.29, 0.717) is 17.5 Å². The minimum absolute atomic E-state index is 0.00979. The van der Waals surface area contributed by atoms with Crippen LogP contribution in [-0.4, -0.2) is 43.4 Å². The van der Waals surface area contributed by atoms with Gasteiger partial charge in [-0.25, -0.2) is 9.36 Å². The number of nitrogens with one attached hydrogen (secondary N) is 1. The Kier molecular flexibility index (Phi) is 5.50. The van der Waals surface area contributed by atoms with E-state index in [1.807, 2.05) is 42.2 Å². The average Bonchev–Trinajstić information content (AvgIpc) is 3.42. The number of ether oxygens (including phenoxy) is 2. The maximum atomic E-state index is 9.44. The smallest absolute Gasteiger partial charge is 0.225 e. The molecule has 2 N–H and O–H groups in total. The normalized spacial score (nSPS) is 16.4. The van der Waals surface area contributed by atoms with Gasteiger partial charge < -0.3 is 19.9 Å². The van der Waals surface area contributed by atoms with Crippen LogP contribution in [0.1, 0.15) is 31.1 Å². The van der Waals surface area contributed by atoms with E-state index in [0.717, 1.165) is 53.6 Å². The van der Waals surface area contributed by atoms with E-state index < -0.39 is 0 Å². The first-order valence-corrected chi connectivity index (χ1v) is 10.7. The number of benzene rings is 2. The number of hydrogen-bond donors (Lipinski definition) is 2. The van der Waals surface area contributed by atoms with Crippen LogP contribution in [0.4, 0.5) is 11.6 Å². The molecular weight excluding hydrogens is 408 g/mol. The molecule has 3 heterocycles.